The fourth-order valence-electron chi connectivity index (χ4n) is 2.10. The van der Waals surface area contributed by atoms with Crippen molar-refractivity contribution in [2.45, 2.75) is 6.42 Å². The molecule has 0 aliphatic rings. The zero-order chi connectivity index (χ0) is 12.5. The van der Waals surface area contributed by atoms with E-state index in [9.17, 15) is 0 Å². The fourth-order valence-corrected chi connectivity index (χ4v) is 2.10. The van der Waals surface area contributed by atoms with Crippen LogP contribution >= 0.6 is 0 Å². The number of imidazole rings is 2. The van der Waals surface area contributed by atoms with E-state index in [1.807, 2.05) is 29.8 Å². The van der Waals surface area contributed by atoms with Crippen molar-refractivity contribution in [2.75, 3.05) is 13.6 Å². The van der Waals surface area contributed by atoms with Crippen LogP contribution in [0.15, 0.2) is 24.4 Å². The molecule has 3 aromatic rings. The Balaban J connectivity index is 2.14. The van der Waals surface area contributed by atoms with Gasteiger partial charge in [-0.15, -0.1) is 0 Å². The molecule has 3 rings (SSSR count). The van der Waals surface area contributed by atoms with Gasteiger partial charge in [-0.2, -0.15) is 5.26 Å². The molecule has 90 valence electrons. The first kappa shape index (κ1) is 10.8. The van der Waals surface area contributed by atoms with Gasteiger partial charge in [-0.05, 0) is 25.2 Å². The Morgan fingerprint density at radius 2 is 2.39 bits per heavy atom. The van der Waals surface area contributed by atoms with Gasteiger partial charge in [0.05, 0.1) is 22.7 Å². The average molecular weight is 239 g/mol. The smallest absolute Gasteiger partial charge is 0.212 e. The number of nitrogens with one attached hydrogen (secondary N) is 2. The minimum atomic E-state index is 0.655. The maximum atomic E-state index is 8.93. The second-order valence-electron chi connectivity index (χ2n) is 4.25. The molecule has 0 fully saturated rings. The molecule has 0 aliphatic carbocycles. The molecule has 0 radical (unpaired) electrons. The normalized spacial score (nSPS) is 11.1. The molecular formula is C13H13N5. The summed E-state index contributed by atoms with van der Waals surface area (Å²) in [5, 5.41) is 12.0. The number of hydrogen-bond acceptors (Lipinski definition) is 3. The third kappa shape index (κ3) is 1.63. The molecule has 1 aromatic carbocycles. The molecule has 0 saturated carbocycles. The van der Waals surface area contributed by atoms with Crippen LogP contribution in [-0.2, 0) is 6.42 Å². The molecule has 0 aliphatic heterocycles. The van der Waals surface area contributed by atoms with E-state index >= 15 is 0 Å². The number of benzene rings is 1. The highest BCUT2D eigenvalue weighted by atomic mass is 15.1. The highest BCUT2D eigenvalue weighted by molar-refractivity contribution is 5.81. The number of rotatable bonds is 3. The minimum absolute atomic E-state index is 0.655. The highest BCUT2D eigenvalue weighted by Gasteiger charge is 2.08. The Morgan fingerprint density at radius 3 is 3.17 bits per heavy atom. The largest absolute Gasteiger partial charge is 0.327 e. The fraction of sp³-hybridized carbons (Fsp3) is 0.231. The standard InChI is InChI=1S/C13H13N5/c1-15-5-4-10-8-18-12-6-9(7-14)2-3-11(12)17-13(18)16-10/h2-3,6,8,15H,4-5H2,1H3,(H,16,17). The second kappa shape index (κ2) is 4.17. The molecule has 18 heavy (non-hydrogen) atoms. The van der Waals surface area contributed by atoms with E-state index in [1.54, 1.807) is 6.07 Å². The van der Waals surface area contributed by atoms with Gasteiger partial charge in [0.25, 0.3) is 0 Å². The molecule has 5 heteroatoms. The monoisotopic (exact) mass is 239 g/mol. The number of H-pyrrole nitrogens is 1. The number of nitriles is 1. The van der Waals surface area contributed by atoms with Crippen LogP contribution in [0.3, 0.4) is 0 Å². The first-order valence-electron chi connectivity index (χ1n) is 5.86. The summed E-state index contributed by atoms with van der Waals surface area (Å²) >= 11 is 0. The Labute approximate surface area is 104 Å². The first-order valence-corrected chi connectivity index (χ1v) is 5.86. The van der Waals surface area contributed by atoms with Crippen molar-refractivity contribution < 1.29 is 0 Å². The molecule has 5 nitrogen and oxygen atoms in total. The summed E-state index contributed by atoms with van der Waals surface area (Å²) < 4.78 is 2.00. The van der Waals surface area contributed by atoms with E-state index in [4.69, 9.17) is 5.26 Å². The number of aromatic amines is 1. The lowest BCUT2D eigenvalue weighted by Crippen LogP contribution is -2.10. The SMILES string of the molecule is CNCCc1cn2c(nc3ccc(C#N)cc32)[nH]1. The Morgan fingerprint density at radius 1 is 1.50 bits per heavy atom. The van der Waals surface area contributed by atoms with Crippen LogP contribution in [0, 0.1) is 11.3 Å². The van der Waals surface area contributed by atoms with E-state index in [1.165, 1.54) is 0 Å². The van der Waals surface area contributed by atoms with Crippen molar-refractivity contribution in [2.24, 2.45) is 0 Å². The zero-order valence-corrected chi connectivity index (χ0v) is 10.1. The van der Waals surface area contributed by atoms with E-state index in [0.29, 0.717) is 5.56 Å². The molecule has 0 saturated heterocycles. The van der Waals surface area contributed by atoms with Gasteiger partial charge in [-0.3, -0.25) is 4.40 Å². The predicted molar refractivity (Wildman–Crippen MR) is 69.4 cm³/mol. The Hall–Kier alpha value is -2.32. The van der Waals surface area contributed by atoms with Crippen LogP contribution in [0.1, 0.15) is 11.3 Å². The molecule has 0 atom stereocenters. The zero-order valence-electron chi connectivity index (χ0n) is 10.1. The van der Waals surface area contributed by atoms with Crippen LogP contribution in [0.2, 0.25) is 0 Å². The molecule has 0 amide bonds. The van der Waals surface area contributed by atoms with Crippen LogP contribution in [-0.4, -0.2) is 28.0 Å². The van der Waals surface area contributed by atoms with Gasteiger partial charge in [-0.1, -0.05) is 0 Å². The lowest BCUT2D eigenvalue weighted by Gasteiger charge is -1.95. The quantitative estimate of drug-likeness (QED) is 0.726. The van der Waals surface area contributed by atoms with E-state index in [-0.39, 0.29) is 0 Å². The van der Waals surface area contributed by atoms with Crippen molar-refractivity contribution in [1.29, 1.82) is 5.26 Å². The van der Waals surface area contributed by atoms with Crippen molar-refractivity contribution in [1.82, 2.24) is 19.7 Å². The maximum absolute atomic E-state index is 8.93. The van der Waals surface area contributed by atoms with E-state index in [2.05, 4.69) is 21.4 Å². The van der Waals surface area contributed by atoms with Gasteiger partial charge in [0.15, 0.2) is 0 Å². The highest BCUT2D eigenvalue weighted by Crippen LogP contribution is 2.18. The van der Waals surface area contributed by atoms with Gasteiger partial charge < -0.3 is 10.3 Å². The second-order valence-corrected chi connectivity index (χ2v) is 4.25. The van der Waals surface area contributed by atoms with Gasteiger partial charge in [-0.25, -0.2) is 4.98 Å². The summed E-state index contributed by atoms with van der Waals surface area (Å²) in [6.45, 7) is 0.922. The van der Waals surface area contributed by atoms with Gasteiger partial charge in [0.2, 0.25) is 5.78 Å². The van der Waals surface area contributed by atoms with Gasteiger partial charge in [0, 0.05) is 24.9 Å². The lowest BCUT2D eigenvalue weighted by molar-refractivity contribution is 0.780. The molecule has 2 N–H and O–H groups in total. The molecule has 2 heterocycles. The average Bonchev–Trinajstić information content (AvgIpc) is 2.92. The molecule has 0 spiro atoms. The van der Waals surface area contributed by atoms with Crippen LogP contribution in [0.4, 0.5) is 0 Å². The minimum Gasteiger partial charge on any atom is -0.327 e. The lowest BCUT2D eigenvalue weighted by atomic mass is 10.2. The molecular weight excluding hydrogens is 226 g/mol. The summed E-state index contributed by atoms with van der Waals surface area (Å²) in [6.07, 6.45) is 2.97. The third-order valence-corrected chi connectivity index (χ3v) is 3.02. The molecule has 0 unspecified atom stereocenters. The molecule has 0 bridgehead atoms. The molecule has 2 aromatic heterocycles. The summed E-state index contributed by atoms with van der Waals surface area (Å²) in [5.41, 5.74) is 3.66. The number of nitrogens with zero attached hydrogens (tertiary/aromatic N) is 3. The van der Waals surface area contributed by atoms with Crippen LogP contribution in [0.5, 0.6) is 0 Å². The predicted octanol–water partition coefficient (Wildman–Crippen LogP) is 1.45. The summed E-state index contributed by atoms with van der Waals surface area (Å²) in [7, 11) is 1.93. The van der Waals surface area contributed by atoms with Crippen LogP contribution in [0.25, 0.3) is 16.8 Å². The number of likely N-dealkylation sites (N-methyl/N-ethyl adjacent to an activating group) is 1. The van der Waals surface area contributed by atoms with Crippen molar-refractivity contribution in [3.63, 3.8) is 0 Å². The van der Waals surface area contributed by atoms with Crippen LogP contribution < -0.4 is 5.32 Å². The maximum Gasteiger partial charge on any atom is 0.212 e. The summed E-state index contributed by atoms with van der Waals surface area (Å²) in [5.74, 6) is 0.825. The van der Waals surface area contributed by atoms with Gasteiger partial charge in [0.1, 0.15) is 0 Å². The van der Waals surface area contributed by atoms with Crippen molar-refractivity contribution in [3.8, 4) is 6.07 Å². The van der Waals surface area contributed by atoms with E-state index in [0.717, 1.165) is 35.5 Å². The Bertz CT molecular complexity index is 744. The van der Waals surface area contributed by atoms with Crippen molar-refractivity contribution in [3.05, 3.63) is 35.7 Å². The topological polar surface area (TPSA) is 68.9 Å². The summed E-state index contributed by atoms with van der Waals surface area (Å²) in [6, 6.07) is 7.68. The third-order valence-electron chi connectivity index (χ3n) is 3.02. The summed E-state index contributed by atoms with van der Waals surface area (Å²) in [4.78, 5) is 7.78. The Kier molecular flexibility index (Phi) is 2.50. The number of fused-ring (bicyclic) bond motifs is 3. The van der Waals surface area contributed by atoms with E-state index < -0.39 is 0 Å². The number of hydrogen-bond donors (Lipinski definition) is 2. The van der Waals surface area contributed by atoms with Gasteiger partial charge >= 0.3 is 0 Å². The van der Waals surface area contributed by atoms with Crippen molar-refractivity contribution >= 4 is 16.8 Å². The first-order chi connectivity index (χ1) is 8.81. The number of aromatic nitrogens is 3.